The van der Waals surface area contributed by atoms with Crippen molar-refractivity contribution in [1.82, 2.24) is 0 Å². The Morgan fingerprint density at radius 3 is 1.51 bits per heavy atom. The molecule has 0 saturated heterocycles. The highest BCUT2D eigenvalue weighted by Crippen LogP contribution is 2.36. The van der Waals surface area contributed by atoms with Gasteiger partial charge in [-0.2, -0.15) is 0 Å². The Hall–Kier alpha value is -4.45. The largest absolute Gasteiger partial charge is 0.427 e. The maximum atomic E-state index is 11.3. The molecule has 0 atom stereocenters. The standard InChI is InChI=1S/C29H27NO5/c1-4-27(22-8-5-21(6-9-22)7-18-28(30)33)29(23-10-14-25(15-11-23)34-19(2)31)24-12-16-26(17-13-24)35-20(3)32/h5-18H,4H2,1-3H3,(H2,30,33). The van der Waals surface area contributed by atoms with Crippen molar-refractivity contribution in [3.63, 3.8) is 0 Å². The second kappa shape index (κ2) is 11.6. The van der Waals surface area contributed by atoms with Gasteiger partial charge in [0.15, 0.2) is 0 Å². The minimum Gasteiger partial charge on any atom is -0.427 e. The number of rotatable bonds is 8. The number of esters is 2. The second-order valence-electron chi connectivity index (χ2n) is 7.80. The third-order valence-electron chi connectivity index (χ3n) is 5.16. The van der Waals surface area contributed by atoms with Crippen molar-refractivity contribution in [1.29, 1.82) is 0 Å². The Bertz CT molecular complexity index is 1210. The first-order valence-electron chi connectivity index (χ1n) is 11.2. The van der Waals surface area contributed by atoms with Crippen LogP contribution in [0.5, 0.6) is 11.5 Å². The van der Waals surface area contributed by atoms with Gasteiger partial charge in [-0.3, -0.25) is 14.4 Å². The fourth-order valence-corrected chi connectivity index (χ4v) is 3.73. The van der Waals surface area contributed by atoms with E-state index in [1.165, 1.54) is 19.9 Å². The van der Waals surface area contributed by atoms with E-state index in [1.54, 1.807) is 30.3 Å². The van der Waals surface area contributed by atoms with Gasteiger partial charge in [0.2, 0.25) is 5.91 Å². The number of allylic oxidation sites excluding steroid dienone is 1. The summed E-state index contributed by atoms with van der Waals surface area (Å²) in [6.07, 6.45) is 3.74. The number of amides is 1. The van der Waals surface area contributed by atoms with Crippen molar-refractivity contribution in [3.05, 3.63) is 101 Å². The number of nitrogens with two attached hydrogens (primary N) is 1. The van der Waals surface area contributed by atoms with Crippen LogP contribution < -0.4 is 15.2 Å². The van der Waals surface area contributed by atoms with E-state index in [2.05, 4.69) is 6.92 Å². The fraction of sp³-hybridized carbons (Fsp3) is 0.138. The van der Waals surface area contributed by atoms with Crippen LogP contribution in [0.3, 0.4) is 0 Å². The van der Waals surface area contributed by atoms with Crippen LogP contribution >= 0.6 is 0 Å². The quantitative estimate of drug-likeness (QED) is 0.206. The van der Waals surface area contributed by atoms with E-state index in [0.717, 1.165) is 39.8 Å². The molecule has 3 aromatic rings. The lowest BCUT2D eigenvalue weighted by molar-refractivity contribution is -0.132. The molecule has 0 spiro atoms. The van der Waals surface area contributed by atoms with Crippen molar-refractivity contribution in [2.45, 2.75) is 27.2 Å². The van der Waals surface area contributed by atoms with E-state index in [1.807, 2.05) is 48.5 Å². The molecule has 3 rings (SSSR count). The molecule has 178 valence electrons. The molecule has 0 aromatic heterocycles. The molecule has 0 aliphatic carbocycles. The second-order valence-corrected chi connectivity index (χ2v) is 7.80. The number of hydrogen-bond acceptors (Lipinski definition) is 5. The molecule has 0 aliphatic rings. The SMILES string of the molecule is CCC(=C(c1ccc(OC(C)=O)cc1)c1ccc(OC(C)=O)cc1)c1ccc(C=CC(N)=O)cc1. The van der Waals surface area contributed by atoms with Gasteiger partial charge in [-0.05, 0) is 70.2 Å². The monoisotopic (exact) mass is 469 g/mol. The maximum Gasteiger partial charge on any atom is 0.308 e. The van der Waals surface area contributed by atoms with Crippen LogP contribution in [0.15, 0.2) is 78.9 Å². The van der Waals surface area contributed by atoms with Crippen molar-refractivity contribution in [2.24, 2.45) is 5.73 Å². The van der Waals surface area contributed by atoms with Crippen molar-refractivity contribution < 1.29 is 23.9 Å². The van der Waals surface area contributed by atoms with Crippen LogP contribution in [0.4, 0.5) is 0 Å². The number of carbonyl (C=O) groups excluding carboxylic acids is 3. The Kier molecular flexibility index (Phi) is 8.35. The molecule has 1 amide bonds. The smallest absolute Gasteiger partial charge is 0.308 e. The molecule has 6 heteroatoms. The lowest BCUT2D eigenvalue weighted by Gasteiger charge is -2.17. The molecule has 2 N–H and O–H groups in total. The molecule has 0 heterocycles. The molecule has 0 aliphatic heterocycles. The first-order valence-corrected chi connectivity index (χ1v) is 11.2. The normalized spacial score (nSPS) is 10.6. The molecule has 0 unspecified atom stereocenters. The van der Waals surface area contributed by atoms with Gasteiger partial charge < -0.3 is 15.2 Å². The molecule has 0 radical (unpaired) electrons. The predicted octanol–water partition coefficient (Wildman–Crippen LogP) is 5.40. The molecular formula is C29H27NO5. The molecule has 0 bridgehead atoms. The zero-order valence-electron chi connectivity index (χ0n) is 19.9. The lowest BCUT2D eigenvalue weighted by atomic mass is 9.88. The van der Waals surface area contributed by atoms with Gasteiger partial charge in [0.25, 0.3) is 0 Å². The number of ether oxygens (including phenoxy) is 2. The van der Waals surface area contributed by atoms with Crippen molar-refractivity contribution >= 4 is 35.1 Å². The number of benzene rings is 3. The zero-order chi connectivity index (χ0) is 25.4. The Morgan fingerprint density at radius 1 is 0.714 bits per heavy atom. The Balaban J connectivity index is 2.12. The summed E-state index contributed by atoms with van der Waals surface area (Å²) in [4.78, 5) is 33.7. The third kappa shape index (κ3) is 7.01. The average molecular weight is 470 g/mol. The molecule has 35 heavy (non-hydrogen) atoms. The summed E-state index contributed by atoms with van der Waals surface area (Å²) in [7, 11) is 0. The van der Waals surface area contributed by atoms with Gasteiger partial charge in [-0.25, -0.2) is 0 Å². The topological polar surface area (TPSA) is 95.7 Å². The van der Waals surface area contributed by atoms with Crippen molar-refractivity contribution in [2.75, 3.05) is 0 Å². The first-order chi connectivity index (χ1) is 16.8. The van der Waals surface area contributed by atoms with E-state index in [4.69, 9.17) is 15.2 Å². The third-order valence-corrected chi connectivity index (χ3v) is 5.16. The molecule has 0 fully saturated rings. The van der Waals surface area contributed by atoms with E-state index in [0.29, 0.717) is 11.5 Å². The van der Waals surface area contributed by atoms with Crippen LogP contribution in [0, 0.1) is 0 Å². The van der Waals surface area contributed by atoms with Crippen molar-refractivity contribution in [3.8, 4) is 11.5 Å². The van der Waals surface area contributed by atoms with Crippen LogP contribution in [-0.2, 0) is 14.4 Å². The Labute approximate surface area is 204 Å². The van der Waals surface area contributed by atoms with E-state index >= 15 is 0 Å². The highest BCUT2D eigenvalue weighted by Gasteiger charge is 2.14. The highest BCUT2D eigenvalue weighted by atomic mass is 16.5. The molecule has 6 nitrogen and oxygen atoms in total. The molecular weight excluding hydrogens is 442 g/mol. The summed E-state index contributed by atoms with van der Waals surface area (Å²) in [5.74, 6) is -0.326. The Morgan fingerprint density at radius 2 is 1.14 bits per heavy atom. The summed E-state index contributed by atoms with van der Waals surface area (Å²) in [6.45, 7) is 4.81. The van der Waals surface area contributed by atoms with Gasteiger partial charge in [-0.1, -0.05) is 55.5 Å². The van der Waals surface area contributed by atoms with Gasteiger partial charge in [-0.15, -0.1) is 0 Å². The summed E-state index contributed by atoms with van der Waals surface area (Å²) < 4.78 is 10.4. The van der Waals surface area contributed by atoms with Crippen LogP contribution in [0.1, 0.15) is 49.4 Å². The minimum atomic E-state index is -0.500. The van der Waals surface area contributed by atoms with Crippen LogP contribution in [-0.4, -0.2) is 17.8 Å². The number of primary amides is 1. The number of hydrogen-bond donors (Lipinski definition) is 1. The summed E-state index contributed by atoms with van der Waals surface area (Å²) in [5.41, 5.74) is 11.0. The van der Waals surface area contributed by atoms with Gasteiger partial charge >= 0.3 is 11.9 Å². The van der Waals surface area contributed by atoms with E-state index in [9.17, 15) is 14.4 Å². The molecule has 3 aromatic carbocycles. The highest BCUT2D eigenvalue weighted by molar-refractivity contribution is 5.99. The average Bonchev–Trinajstić information content (AvgIpc) is 2.82. The van der Waals surface area contributed by atoms with Gasteiger partial charge in [0.05, 0.1) is 0 Å². The summed E-state index contributed by atoms with van der Waals surface area (Å²) in [5, 5.41) is 0. The van der Waals surface area contributed by atoms with Crippen LogP contribution in [0.2, 0.25) is 0 Å². The van der Waals surface area contributed by atoms with Gasteiger partial charge in [0.1, 0.15) is 11.5 Å². The van der Waals surface area contributed by atoms with Crippen LogP contribution in [0.25, 0.3) is 17.2 Å². The predicted molar refractivity (Wildman–Crippen MR) is 136 cm³/mol. The number of carbonyl (C=O) groups is 3. The van der Waals surface area contributed by atoms with E-state index < -0.39 is 5.91 Å². The minimum absolute atomic E-state index is 0.380. The van der Waals surface area contributed by atoms with E-state index in [-0.39, 0.29) is 11.9 Å². The maximum absolute atomic E-state index is 11.3. The zero-order valence-corrected chi connectivity index (χ0v) is 19.9. The molecule has 0 saturated carbocycles. The fourth-order valence-electron chi connectivity index (χ4n) is 3.73. The van der Waals surface area contributed by atoms with Gasteiger partial charge in [0, 0.05) is 19.9 Å². The summed E-state index contributed by atoms with van der Waals surface area (Å²) in [6, 6.07) is 22.5. The summed E-state index contributed by atoms with van der Waals surface area (Å²) >= 11 is 0. The first kappa shape index (κ1) is 25.2. The lowest BCUT2D eigenvalue weighted by Crippen LogP contribution is -2.05.